The average Bonchev–Trinajstić information content (AvgIpc) is 2.44. The second-order valence-corrected chi connectivity index (χ2v) is 5.85. The highest BCUT2D eigenvalue weighted by Crippen LogP contribution is 2.44. The van der Waals surface area contributed by atoms with E-state index in [9.17, 15) is 5.11 Å². The average molecular weight is 349 g/mol. The first-order valence-electron chi connectivity index (χ1n) is 7.61. The molecule has 0 aromatic heterocycles. The van der Waals surface area contributed by atoms with E-state index >= 15 is 0 Å². The van der Waals surface area contributed by atoms with Gasteiger partial charge in [-0.15, -0.1) is 24.8 Å². The minimum absolute atomic E-state index is 0. The summed E-state index contributed by atoms with van der Waals surface area (Å²) < 4.78 is 5.51. The highest BCUT2D eigenvalue weighted by molar-refractivity contribution is 5.85. The first-order valence-corrected chi connectivity index (χ1v) is 7.61. The van der Waals surface area contributed by atoms with Gasteiger partial charge in [0.15, 0.2) is 0 Å². The van der Waals surface area contributed by atoms with Crippen LogP contribution < -0.4 is 10.1 Å². The Kier molecular flexibility index (Phi) is 7.77. The van der Waals surface area contributed by atoms with Gasteiger partial charge in [-0.2, -0.15) is 0 Å². The van der Waals surface area contributed by atoms with E-state index in [-0.39, 0.29) is 30.6 Å². The molecular weight excluding hydrogens is 323 g/mol. The monoisotopic (exact) mass is 348 g/mol. The maximum Gasteiger partial charge on any atom is 0.127 e. The third-order valence-electron chi connectivity index (χ3n) is 4.68. The minimum Gasteiger partial charge on any atom is -0.508 e. The van der Waals surface area contributed by atoms with E-state index in [1.54, 1.807) is 19.2 Å². The summed E-state index contributed by atoms with van der Waals surface area (Å²) >= 11 is 0. The van der Waals surface area contributed by atoms with Gasteiger partial charge in [-0.05, 0) is 24.8 Å². The fourth-order valence-corrected chi connectivity index (χ4v) is 3.41. The van der Waals surface area contributed by atoms with Crippen molar-refractivity contribution in [3.63, 3.8) is 0 Å². The van der Waals surface area contributed by atoms with E-state index < -0.39 is 0 Å². The van der Waals surface area contributed by atoms with Crippen LogP contribution in [0.2, 0.25) is 0 Å². The van der Waals surface area contributed by atoms with Crippen LogP contribution in [0.15, 0.2) is 18.2 Å². The van der Waals surface area contributed by atoms with Crippen molar-refractivity contribution in [3.8, 4) is 11.5 Å². The Morgan fingerprint density at radius 2 is 1.91 bits per heavy atom. The van der Waals surface area contributed by atoms with Crippen LogP contribution in [0, 0.1) is 5.92 Å². The van der Waals surface area contributed by atoms with Crippen molar-refractivity contribution in [1.82, 2.24) is 10.2 Å². The number of nitrogens with one attached hydrogen (secondary N) is 1. The Balaban J connectivity index is 0.00000121. The molecule has 0 bridgehead atoms. The molecule has 22 heavy (non-hydrogen) atoms. The van der Waals surface area contributed by atoms with Crippen LogP contribution in [0.3, 0.4) is 0 Å². The second kappa shape index (κ2) is 8.82. The third-order valence-corrected chi connectivity index (χ3v) is 4.68. The van der Waals surface area contributed by atoms with Crippen LogP contribution in [0.5, 0.6) is 11.5 Å². The van der Waals surface area contributed by atoms with Gasteiger partial charge in [0.1, 0.15) is 11.5 Å². The molecule has 0 radical (unpaired) electrons. The Labute approximate surface area is 145 Å². The number of halogens is 2. The van der Waals surface area contributed by atoms with E-state index in [2.05, 4.69) is 10.2 Å². The summed E-state index contributed by atoms with van der Waals surface area (Å²) in [7, 11) is 1.69. The Morgan fingerprint density at radius 1 is 1.23 bits per heavy atom. The first-order chi connectivity index (χ1) is 9.79. The van der Waals surface area contributed by atoms with Crippen LogP contribution in [0.1, 0.15) is 30.9 Å². The number of nitrogens with zero attached hydrogens (tertiary/aromatic N) is 1. The highest BCUT2D eigenvalue weighted by atomic mass is 35.5. The smallest absolute Gasteiger partial charge is 0.127 e. The highest BCUT2D eigenvalue weighted by Gasteiger charge is 2.35. The summed E-state index contributed by atoms with van der Waals surface area (Å²) in [4.78, 5) is 2.58. The molecule has 1 aliphatic carbocycles. The molecule has 1 saturated carbocycles. The molecule has 0 spiro atoms. The first kappa shape index (κ1) is 19.4. The van der Waals surface area contributed by atoms with Gasteiger partial charge in [-0.3, -0.25) is 4.90 Å². The van der Waals surface area contributed by atoms with Crippen LogP contribution in [-0.4, -0.2) is 43.3 Å². The number of benzene rings is 1. The molecular formula is C16H26Cl2N2O2. The Hall–Kier alpha value is -0.680. The van der Waals surface area contributed by atoms with E-state index in [4.69, 9.17) is 4.74 Å². The number of methoxy groups -OCH3 is 1. The molecule has 126 valence electrons. The third kappa shape index (κ3) is 3.99. The second-order valence-electron chi connectivity index (χ2n) is 5.85. The van der Waals surface area contributed by atoms with Gasteiger partial charge < -0.3 is 15.2 Å². The molecule has 2 aliphatic rings. The fraction of sp³-hybridized carbons (Fsp3) is 0.625. The summed E-state index contributed by atoms with van der Waals surface area (Å²) in [5.41, 5.74) is 1.23. The number of phenols is 1. The van der Waals surface area contributed by atoms with E-state index in [1.807, 2.05) is 6.07 Å². The summed E-state index contributed by atoms with van der Waals surface area (Å²) in [6, 6.07) is 6.00. The predicted molar refractivity (Wildman–Crippen MR) is 93.7 cm³/mol. The molecule has 1 aromatic rings. The number of hydrogen-bond acceptors (Lipinski definition) is 4. The SMILES string of the molecule is COc1cc(O)ccc1[C@H](C1CCC1)N1CCNCC1.Cl.Cl. The molecule has 0 amide bonds. The van der Waals surface area contributed by atoms with Crippen molar-refractivity contribution in [2.24, 2.45) is 5.92 Å². The standard InChI is InChI=1S/C16H24N2O2.2ClH/c1-20-15-11-13(19)5-6-14(15)16(12-3-2-4-12)18-9-7-17-8-10-18;;/h5-6,11-12,16-17,19H,2-4,7-10H2,1H3;2*1H/t16-;;/m0../s1. The summed E-state index contributed by atoms with van der Waals surface area (Å²) in [6.07, 6.45) is 3.95. The molecule has 6 heteroatoms. The quantitative estimate of drug-likeness (QED) is 0.877. The van der Waals surface area contributed by atoms with Crippen molar-refractivity contribution in [3.05, 3.63) is 23.8 Å². The van der Waals surface area contributed by atoms with Gasteiger partial charge in [0.2, 0.25) is 0 Å². The number of rotatable bonds is 4. The lowest BCUT2D eigenvalue weighted by Gasteiger charge is -2.43. The molecule has 1 atom stereocenters. The van der Waals surface area contributed by atoms with E-state index in [0.717, 1.165) is 37.8 Å². The number of phenolic OH excluding ortho intramolecular Hbond substituents is 1. The van der Waals surface area contributed by atoms with Crippen molar-refractivity contribution in [1.29, 1.82) is 0 Å². The largest absolute Gasteiger partial charge is 0.508 e. The minimum atomic E-state index is 0. The number of hydrogen-bond donors (Lipinski definition) is 2. The van der Waals surface area contributed by atoms with E-state index in [1.165, 1.54) is 24.8 Å². The van der Waals surface area contributed by atoms with Crippen molar-refractivity contribution >= 4 is 24.8 Å². The zero-order valence-electron chi connectivity index (χ0n) is 13.0. The maximum atomic E-state index is 9.67. The molecule has 1 saturated heterocycles. The summed E-state index contributed by atoms with van der Waals surface area (Å²) in [5, 5.41) is 13.1. The van der Waals surface area contributed by atoms with Gasteiger partial charge in [0, 0.05) is 43.9 Å². The molecule has 1 aromatic carbocycles. The molecule has 0 unspecified atom stereocenters. The summed E-state index contributed by atoms with van der Waals surface area (Å²) in [5.74, 6) is 1.82. The fourth-order valence-electron chi connectivity index (χ4n) is 3.41. The van der Waals surface area contributed by atoms with Crippen LogP contribution >= 0.6 is 24.8 Å². The molecule has 1 aliphatic heterocycles. The van der Waals surface area contributed by atoms with Gasteiger partial charge >= 0.3 is 0 Å². The molecule has 2 N–H and O–H groups in total. The lowest BCUT2D eigenvalue weighted by molar-refractivity contribution is 0.0818. The van der Waals surface area contributed by atoms with Crippen LogP contribution in [-0.2, 0) is 0 Å². The van der Waals surface area contributed by atoms with Gasteiger partial charge in [0.25, 0.3) is 0 Å². The predicted octanol–water partition coefficient (Wildman–Crippen LogP) is 2.99. The Morgan fingerprint density at radius 3 is 2.45 bits per heavy atom. The molecule has 3 rings (SSSR count). The van der Waals surface area contributed by atoms with Gasteiger partial charge in [0.05, 0.1) is 7.11 Å². The van der Waals surface area contributed by atoms with Crippen molar-refractivity contribution in [2.75, 3.05) is 33.3 Å². The maximum absolute atomic E-state index is 9.67. The summed E-state index contributed by atoms with van der Waals surface area (Å²) in [6.45, 7) is 4.30. The van der Waals surface area contributed by atoms with E-state index in [0.29, 0.717) is 6.04 Å². The number of ether oxygens (including phenoxy) is 1. The lowest BCUT2D eigenvalue weighted by Crippen LogP contribution is -2.47. The molecule has 4 nitrogen and oxygen atoms in total. The zero-order chi connectivity index (χ0) is 13.9. The molecule has 2 fully saturated rings. The molecule has 1 heterocycles. The van der Waals surface area contributed by atoms with Gasteiger partial charge in [-0.1, -0.05) is 12.5 Å². The van der Waals surface area contributed by atoms with Crippen molar-refractivity contribution in [2.45, 2.75) is 25.3 Å². The number of piperazine rings is 1. The lowest BCUT2D eigenvalue weighted by atomic mass is 9.76. The number of aromatic hydroxyl groups is 1. The topological polar surface area (TPSA) is 44.7 Å². The van der Waals surface area contributed by atoms with Crippen molar-refractivity contribution < 1.29 is 9.84 Å². The normalized spacial score (nSPS) is 20.2. The van der Waals surface area contributed by atoms with Crippen LogP contribution in [0.4, 0.5) is 0 Å². The van der Waals surface area contributed by atoms with Crippen LogP contribution in [0.25, 0.3) is 0 Å². The van der Waals surface area contributed by atoms with Gasteiger partial charge in [-0.25, -0.2) is 0 Å². The zero-order valence-corrected chi connectivity index (χ0v) is 14.6. The Bertz CT molecular complexity index is 463.